The Labute approximate surface area is 162 Å². The molecule has 3 saturated carbocycles. The van der Waals surface area contributed by atoms with Crippen LogP contribution in [0.4, 0.5) is 0 Å². The van der Waals surface area contributed by atoms with Crippen molar-refractivity contribution in [3.63, 3.8) is 0 Å². The zero-order chi connectivity index (χ0) is 20.6. The van der Waals surface area contributed by atoms with Gasteiger partial charge in [0.2, 0.25) is 0 Å². The van der Waals surface area contributed by atoms with Gasteiger partial charge in [0.1, 0.15) is 17.8 Å². The molecule has 0 amide bonds. The number of Topliss-reactive ketones (excluding diaryl/α,β-unsaturated/α-hetero) is 1. The molecule has 12 atom stereocenters. The number of aliphatic hydroxyl groups excluding tert-OH is 2. The van der Waals surface area contributed by atoms with E-state index in [1.165, 1.54) is 0 Å². The first kappa shape index (κ1) is 18.9. The van der Waals surface area contributed by atoms with Crippen molar-refractivity contribution in [2.75, 3.05) is 0 Å². The topological polar surface area (TPSA) is 134 Å². The van der Waals surface area contributed by atoms with Crippen molar-refractivity contribution in [1.82, 2.24) is 0 Å². The number of ketones is 1. The van der Waals surface area contributed by atoms with Crippen LogP contribution in [-0.4, -0.2) is 68.0 Å². The van der Waals surface area contributed by atoms with Gasteiger partial charge in [-0.15, -0.1) is 0 Å². The summed E-state index contributed by atoms with van der Waals surface area (Å²) in [6.07, 6.45) is -4.78. The summed E-state index contributed by atoms with van der Waals surface area (Å²) in [4.78, 5) is 25.2. The van der Waals surface area contributed by atoms with Gasteiger partial charge in [-0.05, 0) is 11.8 Å². The Kier molecular flexibility index (Phi) is 3.37. The summed E-state index contributed by atoms with van der Waals surface area (Å²) < 4.78 is 11.3. The number of rotatable bonds is 0. The van der Waals surface area contributed by atoms with Crippen LogP contribution in [-0.2, 0) is 19.1 Å². The molecule has 0 aromatic rings. The van der Waals surface area contributed by atoms with E-state index in [0.29, 0.717) is 0 Å². The number of esters is 1. The van der Waals surface area contributed by atoms with Gasteiger partial charge in [0, 0.05) is 30.1 Å². The van der Waals surface area contributed by atoms with E-state index in [1.807, 2.05) is 6.92 Å². The molecule has 8 nitrogen and oxygen atoms in total. The van der Waals surface area contributed by atoms with E-state index in [1.54, 1.807) is 20.8 Å². The summed E-state index contributed by atoms with van der Waals surface area (Å²) in [6.45, 7) is 6.92. The lowest BCUT2D eigenvalue weighted by atomic mass is 9.36. The summed E-state index contributed by atoms with van der Waals surface area (Å²) in [5.74, 6) is -5.10. The largest absolute Gasteiger partial charge is 0.457 e. The molecule has 5 rings (SSSR count). The molecule has 0 unspecified atom stereocenters. The first-order valence-corrected chi connectivity index (χ1v) is 10.1. The molecule has 3 aliphatic carbocycles. The summed E-state index contributed by atoms with van der Waals surface area (Å²) in [6, 6.07) is 0. The molecule has 2 heterocycles. The van der Waals surface area contributed by atoms with Gasteiger partial charge in [-0.3, -0.25) is 4.79 Å². The van der Waals surface area contributed by atoms with Crippen molar-refractivity contribution < 1.29 is 39.5 Å². The van der Waals surface area contributed by atoms with Crippen molar-refractivity contribution in [3.05, 3.63) is 0 Å². The van der Waals surface area contributed by atoms with Crippen LogP contribution in [0.25, 0.3) is 0 Å². The fourth-order valence-corrected chi connectivity index (χ4v) is 7.97. The standard InChI is InChI=1S/C20H28O8/c1-7-5-10(21)14(23)17(3)9(7)6-19(25)18(4)13(17)11(22)12-8(2)20(18,26)15(28-19)16(24)27-12/h7-9,11-15,22-23,25-26H,5-6H2,1-4H3/t7-,8+,9+,11+,12-,13-,14-,15+,17+,18+,19-,20+/m1/s1. The van der Waals surface area contributed by atoms with Gasteiger partial charge in [-0.25, -0.2) is 4.79 Å². The van der Waals surface area contributed by atoms with Gasteiger partial charge < -0.3 is 29.9 Å². The molecular formula is C20H28O8. The third kappa shape index (κ3) is 1.59. The molecule has 8 heteroatoms. The zero-order valence-corrected chi connectivity index (χ0v) is 16.5. The normalized spacial score (nSPS) is 65.0. The van der Waals surface area contributed by atoms with Gasteiger partial charge in [0.05, 0.1) is 11.5 Å². The number of ether oxygens (including phenoxy) is 2. The fraction of sp³-hybridized carbons (Fsp3) is 0.900. The van der Waals surface area contributed by atoms with Crippen LogP contribution in [0, 0.1) is 34.5 Å². The van der Waals surface area contributed by atoms with Crippen molar-refractivity contribution in [3.8, 4) is 0 Å². The van der Waals surface area contributed by atoms with Crippen LogP contribution >= 0.6 is 0 Å². The molecule has 0 aromatic carbocycles. The lowest BCUT2D eigenvalue weighted by Gasteiger charge is -2.70. The molecule has 0 aromatic heterocycles. The van der Waals surface area contributed by atoms with Crippen LogP contribution in [0.3, 0.4) is 0 Å². The second kappa shape index (κ2) is 4.98. The van der Waals surface area contributed by atoms with Crippen LogP contribution in [0.15, 0.2) is 0 Å². The Morgan fingerprint density at radius 1 is 1.11 bits per heavy atom. The van der Waals surface area contributed by atoms with Crippen LogP contribution < -0.4 is 0 Å². The number of carbonyl (C=O) groups excluding carboxylic acids is 2. The highest BCUT2D eigenvalue weighted by atomic mass is 16.7. The van der Waals surface area contributed by atoms with Crippen molar-refractivity contribution >= 4 is 11.8 Å². The van der Waals surface area contributed by atoms with E-state index in [0.717, 1.165) is 0 Å². The van der Waals surface area contributed by atoms with Gasteiger partial charge in [-0.2, -0.15) is 0 Å². The Morgan fingerprint density at radius 2 is 1.75 bits per heavy atom. The van der Waals surface area contributed by atoms with Crippen molar-refractivity contribution in [2.45, 2.75) is 76.3 Å². The first-order chi connectivity index (χ1) is 12.9. The molecule has 2 bridgehead atoms. The highest BCUT2D eigenvalue weighted by Gasteiger charge is 2.87. The second-order valence-electron chi connectivity index (χ2n) is 10.2. The maximum absolute atomic E-state index is 12.6. The smallest absolute Gasteiger partial charge is 0.338 e. The second-order valence-corrected chi connectivity index (χ2v) is 10.2. The van der Waals surface area contributed by atoms with Gasteiger partial charge >= 0.3 is 5.97 Å². The predicted octanol–water partition coefficient (Wildman–Crippen LogP) is -0.641. The van der Waals surface area contributed by atoms with E-state index in [-0.39, 0.29) is 30.5 Å². The van der Waals surface area contributed by atoms with Crippen LogP contribution in [0.2, 0.25) is 0 Å². The minimum absolute atomic E-state index is 0.0538. The highest BCUT2D eigenvalue weighted by molar-refractivity contribution is 5.85. The molecule has 28 heavy (non-hydrogen) atoms. The molecule has 0 spiro atoms. The Morgan fingerprint density at radius 3 is 2.39 bits per heavy atom. The minimum atomic E-state index is -1.89. The third-order valence-electron chi connectivity index (χ3n) is 9.38. The summed E-state index contributed by atoms with van der Waals surface area (Å²) >= 11 is 0. The summed E-state index contributed by atoms with van der Waals surface area (Å²) in [5, 5.41) is 45.9. The van der Waals surface area contributed by atoms with Crippen molar-refractivity contribution in [1.29, 1.82) is 0 Å². The maximum atomic E-state index is 12.6. The molecule has 5 fully saturated rings. The van der Waals surface area contributed by atoms with Crippen LogP contribution in [0.1, 0.15) is 40.5 Å². The average Bonchev–Trinajstić information content (AvgIpc) is 2.81. The molecule has 156 valence electrons. The monoisotopic (exact) mass is 396 g/mol. The van der Waals surface area contributed by atoms with Gasteiger partial charge in [0.25, 0.3) is 0 Å². The van der Waals surface area contributed by atoms with E-state index < -0.39 is 64.4 Å². The third-order valence-corrected chi connectivity index (χ3v) is 9.38. The lowest BCUT2D eigenvalue weighted by Crippen LogP contribution is -2.81. The molecular weight excluding hydrogens is 368 g/mol. The average molecular weight is 396 g/mol. The predicted molar refractivity (Wildman–Crippen MR) is 92.4 cm³/mol. The molecule has 2 aliphatic heterocycles. The number of hydrogen-bond acceptors (Lipinski definition) is 8. The Bertz CT molecular complexity index is 784. The van der Waals surface area contributed by atoms with E-state index in [4.69, 9.17) is 9.47 Å². The SMILES string of the molecule is C[C@@H]1CC(=O)[C@@H](O)[C@]2(C)[C@H]3[C@@H](O)[C@@H]4OC(=O)[C@@H]5O[C@](O)(C[C@@H]12)[C@@]3(C)[C@]5(O)[C@H]4C. The van der Waals surface area contributed by atoms with E-state index >= 15 is 0 Å². The van der Waals surface area contributed by atoms with Crippen molar-refractivity contribution in [2.24, 2.45) is 34.5 Å². The quantitative estimate of drug-likeness (QED) is 0.397. The summed E-state index contributed by atoms with van der Waals surface area (Å²) in [7, 11) is 0. The highest BCUT2D eigenvalue weighted by Crippen LogP contribution is 2.75. The molecule has 0 radical (unpaired) electrons. The Hall–Kier alpha value is -1.06. The first-order valence-electron chi connectivity index (χ1n) is 10.1. The van der Waals surface area contributed by atoms with E-state index in [2.05, 4.69) is 0 Å². The molecule has 2 saturated heterocycles. The number of carbonyl (C=O) groups is 2. The maximum Gasteiger partial charge on any atom is 0.338 e. The number of hydrogen-bond donors (Lipinski definition) is 4. The number of fused-ring (bicyclic) bond motifs is 3. The van der Waals surface area contributed by atoms with Gasteiger partial charge in [-0.1, -0.05) is 27.7 Å². The van der Waals surface area contributed by atoms with Gasteiger partial charge in [0.15, 0.2) is 17.7 Å². The Balaban J connectivity index is 1.81. The fourth-order valence-electron chi connectivity index (χ4n) is 7.97. The lowest BCUT2D eigenvalue weighted by molar-refractivity contribution is -0.359. The molecule has 5 aliphatic rings. The zero-order valence-electron chi connectivity index (χ0n) is 16.5. The summed E-state index contributed by atoms with van der Waals surface area (Å²) in [5.41, 5.74) is -4.37. The minimum Gasteiger partial charge on any atom is -0.457 e. The molecule has 4 N–H and O–H groups in total. The van der Waals surface area contributed by atoms with E-state index in [9.17, 15) is 30.0 Å². The number of aliphatic hydroxyl groups is 4. The van der Waals surface area contributed by atoms with Crippen LogP contribution in [0.5, 0.6) is 0 Å².